The number of ether oxygens (including phenoxy) is 1. The van der Waals surface area contributed by atoms with Crippen molar-refractivity contribution in [1.29, 1.82) is 0 Å². The minimum absolute atomic E-state index is 0.0181. The van der Waals surface area contributed by atoms with E-state index in [1.54, 1.807) is 6.92 Å². The first-order valence-electron chi connectivity index (χ1n) is 8.23. The van der Waals surface area contributed by atoms with Crippen molar-refractivity contribution in [3.63, 3.8) is 0 Å². The van der Waals surface area contributed by atoms with Crippen molar-refractivity contribution in [1.82, 2.24) is 4.90 Å². The van der Waals surface area contributed by atoms with E-state index in [9.17, 15) is 13.6 Å². The van der Waals surface area contributed by atoms with Crippen LogP contribution in [0.25, 0.3) is 0 Å². The van der Waals surface area contributed by atoms with E-state index in [1.165, 1.54) is 6.07 Å². The quantitative estimate of drug-likeness (QED) is 0.746. The zero-order valence-electron chi connectivity index (χ0n) is 13.8. The maximum Gasteiger partial charge on any atom is 0.241 e. The lowest BCUT2D eigenvalue weighted by molar-refractivity contribution is -0.122. The maximum absolute atomic E-state index is 13.6. The highest BCUT2D eigenvalue weighted by atomic mass is 19.1. The van der Waals surface area contributed by atoms with Crippen molar-refractivity contribution in [2.24, 2.45) is 0 Å². The van der Waals surface area contributed by atoms with E-state index in [4.69, 9.17) is 9.84 Å². The van der Waals surface area contributed by atoms with Crippen LogP contribution < -0.4 is 5.32 Å². The van der Waals surface area contributed by atoms with Gasteiger partial charge in [0.25, 0.3) is 0 Å². The molecule has 0 aliphatic carbocycles. The van der Waals surface area contributed by atoms with Gasteiger partial charge in [-0.3, -0.25) is 9.69 Å². The van der Waals surface area contributed by atoms with Crippen molar-refractivity contribution >= 4 is 11.6 Å². The molecule has 5 nitrogen and oxygen atoms in total. The van der Waals surface area contributed by atoms with Crippen molar-refractivity contribution in [3.8, 4) is 0 Å². The van der Waals surface area contributed by atoms with Crippen LogP contribution in [0.3, 0.4) is 0 Å². The van der Waals surface area contributed by atoms with Crippen LogP contribution in [0.1, 0.15) is 26.2 Å². The third-order valence-electron chi connectivity index (χ3n) is 4.25. The average molecular weight is 342 g/mol. The second-order valence-corrected chi connectivity index (χ2v) is 5.97. The molecule has 1 aliphatic heterocycles. The number of aliphatic hydroxyl groups is 1. The fourth-order valence-corrected chi connectivity index (χ4v) is 2.74. The molecule has 0 spiro atoms. The zero-order valence-corrected chi connectivity index (χ0v) is 13.8. The summed E-state index contributed by atoms with van der Waals surface area (Å²) in [7, 11) is 0. The molecular weight excluding hydrogens is 318 g/mol. The Kier molecular flexibility index (Phi) is 7.08. The Balaban J connectivity index is 1.81. The Morgan fingerprint density at radius 3 is 2.75 bits per heavy atom. The number of piperidine rings is 1. The summed E-state index contributed by atoms with van der Waals surface area (Å²) in [5.74, 6) is -1.78. The molecule has 1 unspecified atom stereocenters. The van der Waals surface area contributed by atoms with Crippen molar-refractivity contribution in [2.75, 3.05) is 31.6 Å². The molecule has 1 aromatic carbocycles. The fourth-order valence-electron chi connectivity index (χ4n) is 2.74. The van der Waals surface area contributed by atoms with Gasteiger partial charge in [0.15, 0.2) is 0 Å². The number of nitrogens with one attached hydrogen (secondary N) is 1. The predicted octanol–water partition coefficient (Wildman–Crippen LogP) is 2.16. The number of amides is 1. The number of rotatable bonds is 7. The van der Waals surface area contributed by atoms with Gasteiger partial charge in [-0.1, -0.05) is 0 Å². The molecule has 1 aliphatic rings. The molecular formula is C17H24F2N2O3. The Morgan fingerprint density at radius 2 is 2.12 bits per heavy atom. The van der Waals surface area contributed by atoms with Crippen LogP contribution in [0.5, 0.6) is 0 Å². The van der Waals surface area contributed by atoms with Crippen molar-refractivity contribution in [3.05, 3.63) is 29.8 Å². The van der Waals surface area contributed by atoms with E-state index in [0.717, 1.165) is 25.0 Å². The summed E-state index contributed by atoms with van der Waals surface area (Å²) in [5.41, 5.74) is -0.0181. The monoisotopic (exact) mass is 342 g/mol. The SMILES string of the molecule is CC(C(=O)Nc1ccc(F)cc1F)N1CCC(OCCCO)CC1. The van der Waals surface area contributed by atoms with Gasteiger partial charge in [0.1, 0.15) is 11.6 Å². The largest absolute Gasteiger partial charge is 0.396 e. The van der Waals surface area contributed by atoms with Crippen LogP contribution in [0.15, 0.2) is 18.2 Å². The van der Waals surface area contributed by atoms with Gasteiger partial charge in [0.05, 0.1) is 17.8 Å². The summed E-state index contributed by atoms with van der Waals surface area (Å²) in [6, 6.07) is 2.66. The van der Waals surface area contributed by atoms with E-state index in [0.29, 0.717) is 26.1 Å². The number of hydrogen-bond acceptors (Lipinski definition) is 4. The number of hydrogen-bond donors (Lipinski definition) is 2. The topological polar surface area (TPSA) is 61.8 Å². The Bertz CT molecular complexity index is 549. The highest BCUT2D eigenvalue weighted by Crippen LogP contribution is 2.19. The highest BCUT2D eigenvalue weighted by molar-refractivity contribution is 5.94. The Morgan fingerprint density at radius 1 is 1.42 bits per heavy atom. The molecule has 1 aromatic rings. The third-order valence-corrected chi connectivity index (χ3v) is 4.25. The molecule has 2 N–H and O–H groups in total. The minimum Gasteiger partial charge on any atom is -0.396 e. The molecule has 2 rings (SSSR count). The Hall–Kier alpha value is -1.57. The number of halogens is 2. The molecule has 0 aromatic heterocycles. The number of likely N-dealkylation sites (tertiary alicyclic amines) is 1. The predicted molar refractivity (Wildman–Crippen MR) is 86.7 cm³/mol. The Labute approximate surface area is 140 Å². The van der Waals surface area contributed by atoms with Crippen molar-refractivity contribution < 1.29 is 23.4 Å². The molecule has 1 atom stereocenters. The number of anilines is 1. The van der Waals surface area contributed by atoms with Crippen LogP contribution in [0, 0.1) is 11.6 Å². The number of nitrogens with zero attached hydrogens (tertiary/aromatic N) is 1. The minimum atomic E-state index is -0.786. The molecule has 0 saturated carbocycles. The van der Waals surface area contributed by atoms with E-state index in [2.05, 4.69) is 5.32 Å². The molecule has 1 saturated heterocycles. The van der Waals surface area contributed by atoms with Crippen LogP contribution in [0.2, 0.25) is 0 Å². The number of aliphatic hydroxyl groups excluding tert-OH is 1. The molecule has 7 heteroatoms. The summed E-state index contributed by atoms with van der Waals surface area (Å²) in [6.07, 6.45) is 2.40. The zero-order chi connectivity index (χ0) is 17.5. The van der Waals surface area contributed by atoms with E-state index in [-0.39, 0.29) is 24.3 Å². The first kappa shape index (κ1) is 18.8. The van der Waals surface area contributed by atoms with E-state index < -0.39 is 17.7 Å². The standard InChI is InChI=1S/C17H24F2N2O3/c1-12(17(23)20-16-4-3-13(18)11-15(16)19)21-7-5-14(6-8-21)24-10-2-9-22/h3-4,11-12,14,22H,2,5-10H2,1H3,(H,20,23). The number of carbonyl (C=O) groups is 1. The smallest absolute Gasteiger partial charge is 0.241 e. The number of benzene rings is 1. The first-order chi connectivity index (χ1) is 11.5. The summed E-state index contributed by atoms with van der Waals surface area (Å²) >= 11 is 0. The average Bonchev–Trinajstić information content (AvgIpc) is 2.57. The van der Waals surface area contributed by atoms with Gasteiger partial charge in [-0.2, -0.15) is 0 Å². The molecule has 1 amide bonds. The molecule has 1 fully saturated rings. The second-order valence-electron chi connectivity index (χ2n) is 5.97. The lowest BCUT2D eigenvalue weighted by Gasteiger charge is -2.35. The molecule has 134 valence electrons. The van der Waals surface area contributed by atoms with Crippen LogP contribution in [0.4, 0.5) is 14.5 Å². The van der Waals surface area contributed by atoms with Gasteiger partial charge in [-0.05, 0) is 38.3 Å². The van der Waals surface area contributed by atoms with Gasteiger partial charge in [0, 0.05) is 32.4 Å². The molecule has 24 heavy (non-hydrogen) atoms. The highest BCUT2D eigenvalue weighted by Gasteiger charge is 2.27. The molecule has 0 radical (unpaired) electrons. The van der Waals surface area contributed by atoms with Gasteiger partial charge in [-0.15, -0.1) is 0 Å². The van der Waals surface area contributed by atoms with Gasteiger partial charge in [-0.25, -0.2) is 8.78 Å². The summed E-state index contributed by atoms with van der Waals surface area (Å²) < 4.78 is 32.2. The van der Waals surface area contributed by atoms with Gasteiger partial charge in [0.2, 0.25) is 5.91 Å². The third kappa shape index (κ3) is 5.22. The maximum atomic E-state index is 13.6. The molecule has 1 heterocycles. The van der Waals surface area contributed by atoms with Crippen LogP contribution in [-0.2, 0) is 9.53 Å². The molecule has 0 bridgehead atoms. The van der Waals surface area contributed by atoms with Crippen molar-refractivity contribution in [2.45, 2.75) is 38.3 Å². The van der Waals surface area contributed by atoms with Gasteiger partial charge < -0.3 is 15.2 Å². The van der Waals surface area contributed by atoms with Gasteiger partial charge >= 0.3 is 0 Å². The first-order valence-corrected chi connectivity index (χ1v) is 8.23. The fraction of sp³-hybridized carbons (Fsp3) is 0.588. The summed E-state index contributed by atoms with van der Waals surface area (Å²) in [4.78, 5) is 14.3. The lowest BCUT2D eigenvalue weighted by atomic mass is 10.1. The lowest BCUT2D eigenvalue weighted by Crippen LogP contribution is -2.47. The normalized spacial score (nSPS) is 17.7. The van der Waals surface area contributed by atoms with E-state index in [1.807, 2.05) is 4.90 Å². The summed E-state index contributed by atoms with van der Waals surface area (Å²) in [6.45, 7) is 3.86. The van der Waals surface area contributed by atoms with Crippen LogP contribution in [-0.4, -0.2) is 54.4 Å². The van der Waals surface area contributed by atoms with Crippen LogP contribution >= 0.6 is 0 Å². The second kappa shape index (κ2) is 9.05. The number of carbonyl (C=O) groups excluding carboxylic acids is 1. The van der Waals surface area contributed by atoms with E-state index >= 15 is 0 Å². The summed E-state index contributed by atoms with van der Waals surface area (Å²) in [5, 5.41) is 11.3.